The molecule has 0 bridgehead atoms. The van der Waals surface area contributed by atoms with Crippen LogP contribution in [0.25, 0.3) is 16.7 Å². The molecule has 0 unspecified atom stereocenters. The van der Waals surface area contributed by atoms with Gasteiger partial charge in [0, 0.05) is 5.33 Å². The summed E-state index contributed by atoms with van der Waals surface area (Å²) >= 11 is 3.49. The van der Waals surface area contributed by atoms with Crippen LogP contribution in [-0.2, 0) is 0 Å². The number of alkyl halides is 1. The van der Waals surface area contributed by atoms with Crippen molar-refractivity contribution >= 4 is 21.5 Å². The largest absolute Gasteiger partial charge is 0.0925 e. The molecule has 1 heteroatoms. The third-order valence-electron chi connectivity index (χ3n) is 3.18. The van der Waals surface area contributed by atoms with Crippen LogP contribution >= 0.6 is 15.9 Å². The van der Waals surface area contributed by atoms with Crippen molar-refractivity contribution in [1.29, 1.82) is 0 Å². The van der Waals surface area contributed by atoms with Crippen molar-refractivity contribution in [3.05, 3.63) is 65.7 Å². The van der Waals surface area contributed by atoms with E-state index in [1.807, 2.05) is 0 Å². The summed E-state index contributed by atoms with van der Waals surface area (Å²) in [6.07, 6.45) is 3.40. The molecular weight excluding hydrogens is 272 g/mol. The second-order valence-corrected chi connectivity index (χ2v) is 4.98. The molecule has 0 N–H and O–H groups in total. The van der Waals surface area contributed by atoms with Crippen molar-refractivity contribution in [2.45, 2.75) is 6.42 Å². The topological polar surface area (TPSA) is 0 Å². The highest BCUT2D eigenvalue weighted by atomic mass is 79.9. The fourth-order valence-corrected chi connectivity index (χ4v) is 2.70. The first-order valence-corrected chi connectivity index (χ1v) is 6.99. The van der Waals surface area contributed by atoms with Crippen molar-refractivity contribution in [2.24, 2.45) is 0 Å². The van der Waals surface area contributed by atoms with Crippen LogP contribution in [0.3, 0.4) is 0 Å². The van der Waals surface area contributed by atoms with E-state index in [2.05, 4.69) is 70.5 Å². The minimum Gasteiger partial charge on any atom is -0.0925 e. The monoisotopic (exact) mass is 284 g/mol. The first-order valence-electron chi connectivity index (χ1n) is 5.87. The van der Waals surface area contributed by atoms with E-state index in [4.69, 9.17) is 0 Å². The van der Waals surface area contributed by atoms with Crippen LogP contribution in [0.4, 0.5) is 0 Å². The summed E-state index contributed by atoms with van der Waals surface area (Å²) in [5, 5.41) is 1.01. The van der Waals surface area contributed by atoms with Crippen LogP contribution in [0, 0.1) is 0 Å². The predicted octanol–water partition coefficient (Wildman–Crippen LogP) is 4.88. The van der Waals surface area contributed by atoms with E-state index in [1.54, 1.807) is 0 Å². The van der Waals surface area contributed by atoms with Gasteiger partial charge >= 0.3 is 0 Å². The molecule has 0 saturated carbocycles. The number of hydrogen-bond donors (Lipinski definition) is 0. The molecule has 2 aromatic carbocycles. The Balaban J connectivity index is 2.24. The second kappa shape index (κ2) is 4.50. The lowest BCUT2D eigenvalue weighted by molar-refractivity contribution is 1.26. The summed E-state index contributed by atoms with van der Waals surface area (Å²) in [4.78, 5) is 0. The van der Waals surface area contributed by atoms with Crippen molar-refractivity contribution in [3.8, 4) is 11.1 Å². The molecule has 84 valence electrons. The maximum absolute atomic E-state index is 3.49. The van der Waals surface area contributed by atoms with E-state index in [9.17, 15) is 0 Å². The summed E-state index contributed by atoms with van der Waals surface area (Å²) in [7, 11) is 0. The number of rotatable bonds is 2. The fraction of sp³-hybridized carbons (Fsp3) is 0.125. The van der Waals surface area contributed by atoms with E-state index in [1.165, 1.54) is 27.8 Å². The van der Waals surface area contributed by atoms with Crippen molar-refractivity contribution < 1.29 is 0 Å². The van der Waals surface area contributed by atoms with Crippen molar-refractivity contribution in [1.82, 2.24) is 0 Å². The normalized spacial score (nSPS) is 12.2. The Morgan fingerprint density at radius 2 is 1.24 bits per heavy atom. The van der Waals surface area contributed by atoms with E-state index in [0.29, 0.717) is 0 Å². The summed E-state index contributed by atoms with van der Waals surface area (Å²) in [5.74, 6) is 0. The summed E-state index contributed by atoms with van der Waals surface area (Å²) in [6.45, 7) is 0. The van der Waals surface area contributed by atoms with Crippen LogP contribution in [-0.4, -0.2) is 5.33 Å². The molecule has 0 heterocycles. The second-order valence-electron chi connectivity index (χ2n) is 4.19. The lowest BCUT2D eigenvalue weighted by atomic mass is 10.0. The first kappa shape index (κ1) is 10.8. The Labute approximate surface area is 110 Å². The molecule has 17 heavy (non-hydrogen) atoms. The lowest BCUT2D eigenvalue weighted by Crippen LogP contribution is -1.81. The minimum absolute atomic E-state index is 1.01. The molecule has 0 nitrogen and oxygen atoms in total. The SMILES string of the molecule is BrCCC=C1c2ccccc2-c2ccccc21. The third-order valence-corrected chi connectivity index (χ3v) is 3.64. The van der Waals surface area contributed by atoms with Crippen LogP contribution in [0.2, 0.25) is 0 Å². The predicted molar refractivity (Wildman–Crippen MR) is 77.4 cm³/mol. The third kappa shape index (κ3) is 1.75. The van der Waals surface area contributed by atoms with Gasteiger partial charge in [-0.2, -0.15) is 0 Å². The number of benzene rings is 2. The molecule has 2 aromatic rings. The van der Waals surface area contributed by atoms with Crippen LogP contribution in [0.1, 0.15) is 17.5 Å². The van der Waals surface area contributed by atoms with Gasteiger partial charge in [-0.25, -0.2) is 0 Å². The quantitative estimate of drug-likeness (QED) is 0.588. The number of fused-ring (bicyclic) bond motifs is 3. The van der Waals surface area contributed by atoms with Crippen LogP contribution in [0.5, 0.6) is 0 Å². The van der Waals surface area contributed by atoms with E-state index in [-0.39, 0.29) is 0 Å². The Morgan fingerprint density at radius 3 is 1.71 bits per heavy atom. The standard InChI is InChI=1S/C16H13Br/c17-11-5-10-16-14-8-3-1-6-12(14)13-7-2-4-9-15(13)16/h1-4,6-10H,5,11H2. The maximum Gasteiger partial charge on any atom is 0.00662 e. The van der Waals surface area contributed by atoms with Gasteiger partial charge in [-0.15, -0.1) is 0 Å². The minimum atomic E-state index is 1.01. The van der Waals surface area contributed by atoms with Crippen LogP contribution in [0.15, 0.2) is 54.6 Å². The molecular formula is C16H13Br. The summed E-state index contributed by atoms with van der Waals surface area (Å²) < 4.78 is 0. The Kier molecular flexibility index (Phi) is 2.86. The van der Waals surface area contributed by atoms with E-state index < -0.39 is 0 Å². The molecule has 0 aliphatic heterocycles. The van der Waals surface area contributed by atoms with Gasteiger partial charge in [0.1, 0.15) is 0 Å². The summed E-state index contributed by atoms with van der Waals surface area (Å²) in [6, 6.07) is 17.3. The molecule has 3 rings (SSSR count). The number of allylic oxidation sites excluding steroid dienone is 1. The molecule has 1 aliphatic rings. The van der Waals surface area contributed by atoms with Gasteiger partial charge in [-0.1, -0.05) is 70.5 Å². The van der Waals surface area contributed by atoms with Crippen molar-refractivity contribution in [2.75, 3.05) is 5.33 Å². The first-order chi connectivity index (χ1) is 8.42. The maximum atomic E-state index is 3.49. The lowest BCUT2D eigenvalue weighted by Gasteiger charge is -2.01. The van der Waals surface area contributed by atoms with Gasteiger partial charge in [0.25, 0.3) is 0 Å². The number of hydrogen-bond acceptors (Lipinski definition) is 0. The Morgan fingerprint density at radius 1 is 0.765 bits per heavy atom. The van der Waals surface area contributed by atoms with Gasteiger partial charge in [0.2, 0.25) is 0 Å². The zero-order valence-electron chi connectivity index (χ0n) is 9.49. The van der Waals surface area contributed by atoms with Crippen molar-refractivity contribution in [3.63, 3.8) is 0 Å². The van der Waals surface area contributed by atoms with Gasteiger partial charge < -0.3 is 0 Å². The summed E-state index contributed by atoms with van der Waals surface area (Å²) in [5.41, 5.74) is 6.85. The Hall–Kier alpha value is -1.34. The molecule has 1 aliphatic carbocycles. The van der Waals surface area contributed by atoms with E-state index >= 15 is 0 Å². The van der Waals surface area contributed by atoms with Gasteiger partial charge in [0.05, 0.1) is 0 Å². The molecule has 0 amide bonds. The highest BCUT2D eigenvalue weighted by molar-refractivity contribution is 9.09. The molecule has 0 fully saturated rings. The zero-order chi connectivity index (χ0) is 11.7. The Bertz CT molecular complexity index is 534. The smallest absolute Gasteiger partial charge is 0.00662 e. The highest BCUT2D eigenvalue weighted by Crippen LogP contribution is 2.43. The molecule has 0 spiro atoms. The molecule has 0 atom stereocenters. The van der Waals surface area contributed by atoms with Gasteiger partial charge in [0.15, 0.2) is 0 Å². The average Bonchev–Trinajstić information content (AvgIpc) is 2.71. The van der Waals surface area contributed by atoms with Gasteiger partial charge in [-0.3, -0.25) is 0 Å². The van der Waals surface area contributed by atoms with Gasteiger partial charge in [-0.05, 0) is 34.2 Å². The number of halogens is 1. The molecule has 0 saturated heterocycles. The average molecular weight is 285 g/mol. The van der Waals surface area contributed by atoms with Crippen LogP contribution < -0.4 is 0 Å². The molecule has 0 aromatic heterocycles. The zero-order valence-corrected chi connectivity index (χ0v) is 11.1. The highest BCUT2D eigenvalue weighted by Gasteiger charge is 2.21. The molecule has 0 radical (unpaired) electrons. The fourth-order valence-electron chi connectivity index (χ4n) is 2.47. The van der Waals surface area contributed by atoms with E-state index in [0.717, 1.165) is 11.8 Å².